The topological polar surface area (TPSA) is 161 Å². The minimum atomic E-state index is -3.59. The van der Waals surface area contributed by atoms with Gasteiger partial charge in [0.15, 0.2) is 23.2 Å². The molecule has 2 aromatic carbocycles. The van der Waals surface area contributed by atoms with E-state index in [0.717, 1.165) is 11.1 Å². The zero-order valence-corrected chi connectivity index (χ0v) is 24.5. The van der Waals surface area contributed by atoms with Crippen LogP contribution in [0.15, 0.2) is 67.0 Å². The van der Waals surface area contributed by atoms with Gasteiger partial charge in [0.05, 0.1) is 24.7 Å². The molecule has 5 rings (SSSR count). The number of imidazole rings is 1. The Morgan fingerprint density at radius 1 is 1.00 bits per heavy atom. The fourth-order valence-electron chi connectivity index (χ4n) is 4.94. The molecule has 0 saturated carbocycles. The molecular weight excluding hydrogens is 560 g/mol. The molecule has 4 N–H and O–H groups in total. The molecule has 42 heavy (non-hydrogen) atoms. The smallest absolute Gasteiger partial charge is 0.214 e. The summed E-state index contributed by atoms with van der Waals surface area (Å²) in [6.45, 7) is 3.57. The molecule has 1 aliphatic rings. The third-order valence-corrected chi connectivity index (χ3v) is 9.13. The molecule has 224 valence electrons. The van der Waals surface area contributed by atoms with Gasteiger partial charge in [0.1, 0.15) is 24.1 Å². The number of nitrogens with one attached hydrogen (secondary N) is 2. The second-order valence-corrected chi connectivity index (χ2v) is 12.8. The zero-order valence-electron chi connectivity index (χ0n) is 23.7. The van der Waals surface area contributed by atoms with Gasteiger partial charge in [-0.05, 0) is 25.0 Å². The molecule has 1 aliphatic heterocycles. The van der Waals surface area contributed by atoms with Crippen LogP contribution in [-0.4, -0.2) is 82.0 Å². The normalized spacial score (nSPS) is 21.0. The molecule has 3 heterocycles. The van der Waals surface area contributed by atoms with Crippen molar-refractivity contribution in [1.29, 1.82) is 0 Å². The highest BCUT2D eigenvalue weighted by Crippen LogP contribution is 2.33. The average molecular weight is 597 g/mol. The number of methoxy groups -OCH3 is 1. The predicted octanol–water partition coefficient (Wildman–Crippen LogP) is 2.16. The van der Waals surface area contributed by atoms with Gasteiger partial charge >= 0.3 is 0 Å². The van der Waals surface area contributed by atoms with E-state index in [-0.39, 0.29) is 24.9 Å². The van der Waals surface area contributed by atoms with Crippen molar-refractivity contribution in [3.63, 3.8) is 0 Å². The highest BCUT2D eigenvalue weighted by atomic mass is 32.2. The maximum atomic E-state index is 12.5. The monoisotopic (exact) mass is 596 g/mol. The van der Waals surface area contributed by atoms with Gasteiger partial charge in [-0.25, -0.2) is 28.1 Å². The molecule has 1 fully saturated rings. The molecule has 2 aromatic heterocycles. The van der Waals surface area contributed by atoms with Gasteiger partial charge in [-0.15, -0.1) is 0 Å². The average Bonchev–Trinajstić information content (AvgIpc) is 3.54. The van der Waals surface area contributed by atoms with Crippen LogP contribution in [0.25, 0.3) is 11.2 Å². The fourth-order valence-corrected chi connectivity index (χ4v) is 5.60. The van der Waals surface area contributed by atoms with Crippen LogP contribution in [0, 0.1) is 0 Å². The lowest BCUT2D eigenvalue weighted by molar-refractivity contribution is -0.0580. The van der Waals surface area contributed by atoms with Crippen LogP contribution in [0.5, 0.6) is 0 Å². The first-order chi connectivity index (χ1) is 20.2. The maximum absolute atomic E-state index is 12.5. The number of ether oxygens (including phenoxy) is 2. The second kappa shape index (κ2) is 12.8. The number of sulfonamides is 1. The van der Waals surface area contributed by atoms with E-state index in [2.05, 4.69) is 49.3 Å². The van der Waals surface area contributed by atoms with Crippen LogP contribution in [0.1, 0.15) is 42.9 Å². The third-order valence-electron chi connectivity index (χ3n) is 7.34. The number of aromatic nitrogens is 4. The summed E-state index contributed by atoms with van der Waals surface area (Å²) in [4.78, 5) is 13.8. The summed E-state index contributed by atoms with van der Waals surface area (Å²) in [5.41, 5.74) is 2.94. The molecule has 0 radical (unpaired) electrons. The molecule has 12 nitrogen and oxygen atoms in total. The van der Waals surface area contributed by atoms with E-state index in [0.29, 0.717) is 23.5 Å². The quantitative estimate of drug-likeness (QED) is 0.191. The number of aliphatic hydroxyl groups is 2. The first kappa shape index (κ1) is 30.0. The Morgan fingerprint density at radius 3 is 2.24 bits per heavy atom. The summed E-state index contributed by atoms with van der Waals surface area (Å²) in [7, 11) is -2.10. The van der Waals surface area contributed by atoms with Crippen molar-refractivity contribution in [3.05, 3.63) is 83.9 Å². The van der Waals surface area contributed by atoms with Gasteiger partial charge in [-0.2, -0.15) is 0 Å². The van der Waals surface area contributed by atoms with E-state index >= 15 is 0 Å². The van der Waals surface area contributed by atoms with Crippen LogP contribution < -0.4 is 10.0 Å². The number of rotatable bonds is 12. The summed E-state index contributed by atoms with van der Waals surface area (Å²) < 4.78 is 40.1. The van der Waals surface area contributed by atoms with Crippen molar-refractivity contribution in [1.82, 2.24) is 24.2 Å². The van der Waals surface area contributed by atoms with Gasteiger partial charge in [0.25, 0.3) is 0 Å². The molecule has 0 unspecified atom stereocenters. The van der Waals surface area contributed by atoms with Crippen LogP contribution in [0.4, 0.5) is 5.82 Å². The van der Waals surface area contributed by atoms with Gasteiger partial charge in [0, 0.05) is 19.6 Å². The fraction of sp³-hybridized carbons (Fsp3) is 0.414. The third kappa shape index (κ3) is 6.31. The van der Waals surface area contributed by atoms with Crippen molar-refractivity contribution in [2.24, 2.45) is 0 Å². The molecule has 0 bridgehead atoms. The van der Waals surface area contributed by atoms with E-state index in [1.54, 1.807) is 13.8 Å². The highest BCUT2D eigenvalue weighted by molar-refractivity contribution is 7.90. The Balaban J connectivity index is 1.52. The number of benzene rings is 2. The van der Waals surface area contributed by atoms with E-state index in [1.807, 2.05) is 36.4 Å². The summed E-state index contributed by atoms with van der Waals surface area (Å²) in [6.07, 6.45) is -2.72. The molecule has 4 atom stereocenters. The number of anilines is 1. The number of hydrogen-bond acceptors (Lipinski definition) is 10. The largest absolute Gasteiger partial charge is 0.387 e. The molecular formula is C29H36N6O6S. The summed E-state index contributed by atoms with van der Waals surface area (Å²) in [5, 5.41) is 24.1. The Kier molecular flexibility index (Phi) is 9.16. The van der Waals surface area contributed by atoms with E-state index in [1.165, 1.54) is 18.0 Å². The van der Waals surface area contributed by atoms with Gasteiger partial charge in [-0.1, -0.05) is 60.7 Å². The van der Waals surface area contributed by atoms with Crippen molar-refractivity contribution in [3.8, 4) is 0 Å². The van der Waals surface area contributed by atoms with Crippen LogP contribution >= 0.6 is 0 Å². The Bertz CT molecular complexity index is 1540. The number of nitrogens with zero attached hydrogens (tertiary/aromatic N) is 4. The Morgan fingerprint density at radius 2 is 1.64 bits per heavy atom. The first-order valence-electron chi connectivity index (χ1n) is 13.8. The van der Waals surface area contributed by atoms with Crippen molar-refractivity contribution >= 4 is 27.0 Å². The standard InChI is InChI=1S/C29H36N6O6S/c1-18(2)42(38,39)32-15-23-33-27(30-14-21(19-10-6-4-7-11-19)20-12-8-5-9-13-20)24-28(34-23)35(17-31-24)29-26(37)25(36)22(41-29)16-40-3/h4-13,17-18,21-22,25-26,29,32,36-37H,14-16H2,1-3H3,(H,30,33,34)/t22-,25-,26-,29-/m1/s1. The maximum Gasteiger partial charge on any atom is 0.214 e. The predicted molar refractivity (Wildman–Crippen MR) is 157 cm³/mol. The lowest BCUT2D eigenvalue weighted by atomic mass is 9.91. The summed E-state index contributed by atoms with van der Waals surface area (Å²) >= 11 is 0. The Hall–Kier alpha value is -3.46. The lowest BCUT2D eigenvalue weighted by Gasteiger charge is -2.20. The number of aliphatic hydroxyl groups excluding tert-OH is 2. The van der Waals surface area contributed by atoms with Crippen LogP contribution in [-0.2, 0) is 26.0 Å². The van der Waals surface area contributed by atoms with E-state index in [4.69, 9.17) is 9.47 Å². The summed E-state index contributed by atoms with van der Waals surface area (Å²) in [6, 6.07) is 20.2. The van der Waals surface area contributed by atoms with Crippen LogP contribution in [0.3, 0.4) is 0 Å². The molecule has 0 spiro atoms. The van der Waals surface area contributed by atoms with E-state index < -0.39 is 39.8 Å². The lowest BCUT2D eigenvalue weighted by Crippen LogP contribution is -2.33. The second-order valence-electron chi connectivity index (χ2n) is 10.5. The van der Waals surface area contributed by atoms with Gasteiger partial charge in [0.2, 0.25) is 10.0 Å². The van der Waals surface area contributed by atoms with Crippen molar-refractivity contribution in [2.75, 3.05) is 25.6 Å². The minimum absolute atomic E-state index is 0.0210. The molecule has 13 heteroatoms. The molecule has 0 aliphatic carbocycles. The molecule has 4 aromatic rings. The molecule has 0 amide bonds. The zero-order chi connectivity index (χ0) is 29.9. The van der Waals surface area contributed by atoms with E-state index in [9.17, 15) is 18.6 Å². The van der Waals surface area contributed by atoms with Gasteiger partial charge in [-0.3, -0.25) is 4.57 Å². The highest BCUT2D eigenvalue weighted by Gasteiger charge is 2.44. The number of fused-ring (bicyclic) bond motifs is 1. The summed E-state index contributed by atoms with van der Waals surface area (Å²) in [5.74, 6) is 0.580. The number of hydrogen-bond donors (Lipinski definition) is 4. The SMILES string of the molecule is COC[C@H]1O[C@@H](n2cnc3c(NCC(c4ccccc4)c4ccccc4)nc(CNS(=O)(=O)C(C)C)nc32)[C@H](O)[C@@H]1O. The Labute approximate surface area is 244 Å². The van der Waals surface area contributed by atoms with Gasteiger partial charge < -0.3 is 25.0 Å². The first-order valence-corrected chi connectivity index (χ1v) is 15.3. The van der Waals surface area contributed by atoms with Crippen LogP contribution in [0.2, 0.25) is 0 Å². The molecule has 1 saturated heterocycles. The minimum Gasteiger partial charge on any atom is -0.387 e. The van der Waals surface area contributed by atoms with Crippen molar-refractivity contribution < 1.29 is 28.1 Å². The van der Waals surface area contributed by atoms with Crippen molar-refractivity contribution in [2.45, 2.75) is 56.1 Å².